The van der Waals surface area contributed by atoms with Crippen LogP contribution in [-0.4, -0.2) is 31.3 Å². The Labute approximate surface area is 109 Å². The van der Waals surface area contributed by atoms with Crippen molar-refractivity contribution in [2.24, 2.45) is 0 Å². The molecule has 1 heterocycles. The van der Waals surface area contributed by atoms with Gasteiger partial charge in [-0.05, 0) is 18.6 Å². The molecule has 0 aromatic heterocycles. The molecule has 0 N–H and O–H groups in total. The first-order valence-electron chi connectivity index (χ1n) is 5.77. The number of fused-ring (bicyclic) bond motifs is 1. The number of ketones is 1. The van der Waals surface area contributed by atoms with E-state index in [1.54, 1.807) is 0 Å². The molecule has 100 valence electrons. The van der Waals surface area contributed by atoms with Gasteiger partial charge in [-0.2, -0.15) is 0 Å². The van der Waals surface area contributed by atoms with Crippen molar-refractivity contribution in [3.63, 3.8) is 0 Å². The first kappa shape index (κ1) is 13.2. The molecule has 1 aliphatic heterocycles. The summed E-state index contributed by atoms with van der Waals surface area (Å²) in [6.07, 6.45) is 0.414. The van der Waals surface area contributed by atoms with E-state index in [9.17, 15) is 18.8 Å². The molecule has 2 rings (SSSR count). The topological polar surface area (TPSA) is 63.7 Å². The van der Waals surface area contributed by atoms with Crippen molar-refractivity contribution in [1.29, 1.82) is 0 Å². The number of carbonyl (C=O) groups excluding carboxylic acids is 3. The number of Topliss-reactive ketones (excluding diaryl/α,β-unsaturated/α-hetero) is 1. The highest BCUT2D eigenvalue weighted by molar-refractivity contribution is 6.52. The van der Waals surface area contributed by atoms with E-state index >= 15 is 0 Å². The van der Waals surface area contributed by atoms with E-state index in [0.29, 0.717) is 6.42 Å². The Morgan fingerprint density at radius 1 is 1.37 bits per heavy atom. The highest BCUT2D eigenvalue weighted by Gasteiger charge is 2.37. The molecule has 5 nitrogen and oxygen atoms in total. The van der Waals surface area contributed by atoms with Crippen LogP contribution in [0.2, 0.25) is 0 Å². The highest BCUT2D eigenvalue weighted by Crippen LogP contribution is 2.31. The zero-order valence-corrected chi connectivity index (χ0v) is 10.3. The summed E-state index contributed by atoms with van der Waals surface area (Å²) in [4.78, 5) is 35.5. The summed E-state index contributed by atoms with van der Waals surface area (Å²) in [6, 6.07) is 3.99. The molecule has 1 amide bonds. The number of ether oxygens (including phenoxy) is 1. The lowest BCUT2D eigenvalue weighted by Crippen LogP contribution is -2.31. The average Bonchev–Trinajstić information content (AvgIpc) is 2.65. The Balaban J connectivity index is 2.17. The van der Waals surface area contributed by atoms with Crippen LogP contribution in [0.25, 0.3) is 0 Å². The summed E-state index contributed by atoms with van der Waals surface area (Å²) >= 11 is 0. The Hall–Kier alpha value is -2.24. The van der Waals surface area contributed by atoms with Crippen LogP contribution in [0.4, 0.5) is 10.1 Å². The van der Waals surface area contributed by atoms with Gasteiger partial charge >= 0.3 is 5.97 Å². The minimum atomic E-state index is -0.759. The number of para-hydroxylation sites is 1. The maximum atomic E-state index is 13.7. The Kier molecular flexibility index (Phi) is 3.59. The highest BCUT2D eigenvalue weighted by atomic mass is 19.1. The SMILES string of the molecule is COC(=O)CCCN1C(=O)C(=O)c2cccc(F)c21. The lowest BCUT2D eigenvalue weighted by molar-refractivity contribution is -0.140. The van der Waals surface area contributed by atoms with Gasteiger partial charge in [-0.1, -0.05) is 6.07 Å². The number of rotatable bonds is 4. The van der Waals surface area contributed by atoms with E-state index < -0.39 is 23.5 Å². The summed E-state index contributed by atoms with van der Waals surface area (Å²) in [5.74, 6) is -2.50. The van der Waals surface area contributed by atoms with Crippen molar-refractivity contribution >= 4 is 23.3 Å². The summed E-state index contributed by atoms with van der Waals surface area (Å²) < 4.78 is 18.2. The molecule has 6 heteroatoms. The summed E-state index contributed by atoms with van der Waals surface area (Å²) in [5.41, 5.74) is 0.0745. The molecule has 1 aromatic rings. The Bertz CT molecular complexity index is 556. The first-order valence-corrected chi connectivity index (χ1v) is 5.77. The number of benzene rings is 1. The maximum absolute atomic E-state index is 13.7. The van der Waals surface area contributed by atoms with Gasteiger partial charge in [-0.15, -0.1) is 0 Å². The fraction of sp³-hybridized carbons (Fsp3) is 0.308. The maximum Gasteiger partial charge on any atom is 0.305 e. The molecule has 0 aliphatic carbocycles. The molecule has 0 spiro atoms. The van der Waals surface area contributed by atoms with E-state index in [1.807, 2.05) is 0 Å². The molecular weight excluding hydrogens is 253 g/mol. The number of esters is 1. The normalized spacial score (nSPS) is 13.7. The molecule has 0 fully saturated rings. The van der Waals surface area contributed by atoms with Crippen molar-refractivity contribution < 1.29 is 23.5 Å². The van der Waals surface area contributed by atoms with Crippen molar-refractivity contribution in [2.75, 3.05) is 18.6 Å². The van der Waals surface area contributed by atoms with Gasteiger partial charge in [-0.25, -0.2) is 4.39 Å². The van der Waals surface area contributed by atoms with E-state index in [2.05, 4.69) is 4.74 Å². The number of hydrogen-bond acceptors (Lipinski definition) is 4. The molecule has 0 bridgehead atoms. The summed E-state index contributed by atoms with van der Waals surface area (Å²) in [5, 5.41) is 0. The fourth-order valence-electron chi connectivity index (χ4n) is 2.01. The van der Waals surface area contributed by atoms with Gasteiger partial charge in [0.15, 0.2) is 0 Å². The van der Waals surface area contributed by atoms with Gasteiger partial charge in [0.05, 0.1) is 18.4 Å². The van der Waals surface area contributed by atoms with Crippen LogP contribution >= 0.6 is 0 Å². The number of anilines is 1. The zero-order chi connectivity index (χ0) is 14.0. The zero-order valence-electron chi connectivity index (χ0n) is 10.3. The van der Waals surface area contributed by atoms with E-state index in [-0.39, 0.29) is 24.2 Å². The largest absolute Gasteiger partial charge is 0.469 e. The van der Waals surface area contributed by atoms with Crippen LogP contribution < -0.4 is 4.90 Å². The number of halogens is 1. The van der Waals surface area contributed by atoms with Crippen LogP contribution in [-0.2, 0) is 14.3 Å². The molecule has 1 aromatic carbocycles. The van der Waals surface area contributed by atoms with Crippen molar-refractivity contribution in [2.45, 2.75) is 12.8 Å². The molecule has 1 aliphatic rings. The lowest BCUT2D eigenvalue weighted by atomic mass is 10.1. The van der Waals surface area contributed by atoms with Crippen molar-refractivity contribution in [3.05, 3.63) is 29.6 Å². The van der Waals surface area contributed by atoms with Crippen molar-refractivity contribution in [1.82, 2.24) is 0 Å². The van der Waals surface area contributed by atoms with Crippen LogP contribution in [0, 0.1) is 5.82 Å². The molecular formula is C13H12FNO4. The minimum absolute atomic E-state index is 0.00219. The molecule has 0 radical (unpaired) electrons. The number of hydrogen-bond donors (Lipinski definition) is 0. The molecule has 0 saturated carbocycles. The number of amides is 1. The predicted octanol–water partition coefficient (Wildman–Crippen LogP) is 1.31. The first-order chi connectivity index (χ1) is 9.06. The average molecular weight is 265 g/mol. The van der Waals surface area contributed by atoms with Crippen LogP contribution in [0.15, 0.2) is 18.2 Å². The van der Waals surface area contributed by atoms with Crippen LogP contribution in [0.1, 0.15) is 23.2 Å². The molecule has 19 heavy (non-hydrogen) atoms. The third kappa shape index (κ3) is 2.33. The van der Waals surface area contributed by atoms with Crippen molar-refractivity contribution in [3.8, 4) is 0 Å². The van der Waals surface area contributed by atoms with E-state index in [0.717, 1.165) is 4.90 Å². The summed E-state index contributed by atoms with van der Waals surface area (Å²) in [6.45, 7) is 0.105. The lowest BCUT2D eigenvalue weighted by Gasteiger charge is -2.16. The van der Waals surface area contributed by atoms with Gasteiger partial charge in [0.1, 0.15) is 5.82 Å². The molecule has 0 atom stereocenters. The number of methoxy groups -OCH3 is 1. The predicted molar refractivity (Wildman–Crippen MR) is 64.3 cm³/mol. The number of nitrogens with zero attached hydrogens (tertiary/aromatic N) is 1. The monoisotopic (exact) mass is 265 g/mol. The molecule has 0 unspecified atom stereocenters. The fourth-order valence-corrected chi connectivity index (χ4v) is 2.01. The van der Waals surface area contributed by atoms with Crippen LogP contribution in [0.3, 0.4) is 0 Å². The smallest absolute Gasteiger partial charge is 0.305 e. The quantitative estimate of drug-likeness (QED) is 0.608. The van der Waals surface area contributed by atoms with Gasteiger partial charge < -0.3 is 9.64 Å². The third-order valence-electron chi connectivity index (χ3n) is 2.93. The van der Waals surface area contributed by atoms with Crippen LogP contribution in [0.5, 0.6) is 0 Å². The van der Waals surface area contributed by atoms with Gasteiger partial charge in [0.2, 0.25) is 0 Å². The minimum Gasteiger partial charge on any atom is -0.469 e. The third-order valence-corrected chi connectivity index (χ3v) is 2.93. The van der Waals surface area contributed by atoms with Gasteiger partial charge in [0, 0.05) is 13.0 Å². The molecule has 0 saturated heterocycles. The Morgan fingerprint density at radius 2 is 2.11 bits per heavy atom. The second kappa shape index (κ2) is 5.17. The second-order valence-corrected chi connectivity index (χ2v) is 4.10. The standard InChI is InChI=1S/C13H12FNO4/c1-19-10(16)6-3-7-15-11-8(12(17)13(15)18)4-2-5-9(11)14/h2,4-5H,3,6-7H2,1H3. The number of carbonyl (C=O) groups is 3. The van der Waals surface area contributed by atoms with Gasteiger partial charge in [-0.3, -0.25) is 14.4 Å². The van der Waals surface area contributed by atoms with Gasteiger partial charge in [0.25, 0.3) is 11.7 Å². The van der Waals surface area contributed by atoms with E-state index in [1.165, 1.54) is 25.3 Å². The second-order valence-electron chi connectivity index (χ2n) is 4.10. The summed E-state index contributed by atoms with van der Waals surface area (Å²) in [7, 11) is 1.27. The Morgan fingerprint density at radius 3 is 2.79 bits per heavy atom. The van der Waals surface area contributed by atoms with E-state index in [4.69, 9.17) is 0 Å².